The van der Waals surface area contributed by atoms with Crippen LogP contribution in [-0.4, -0.2) is 51.8 Å². The summed E-state index contributed by atoms with van der Waals surface area (Å²) in [6.07, 6.45) is 5.39. The van der Waals surface area contributed by atoms with Gasteiger partial charge in [0.05, 0.1) is 17.5 Å². The van der Waals surface area contributed by atoms with E-state index in [9.17, 15) is 4.79 Å². The Morgan fingerprint density at radius 2 is 2.04 bits per heavy atom. The van der Waals surface area contributed by atoms with Crippen LogP contribution in [0.25, 0.3) is 5.82 Å². The maximum atomic E-state index is 12.3. The molecular weight excluding hydrogens is 302 g/mol. The van der Waals surface area contributed by atoms with E-state index >= 15 is 0 Å². The molecule has 130 valence electrons. The van der Waals surface area contributed by atoms with Gasteiger partial charge < -0.3 is 10.2 Å². The lowest BCUT2D eigenvalue weighted by molar-refractivity contribution is 0.0952. The molecule has 2 heterocycles. The minimum absolute atomic E-state index is 0.0717. The first-order chi connectivity index (χ1) is 11.7. The number of carbonyl (C=O) groups is 1. The number of nitrogens with zero attached hydrogens (tertiary/aromatic N) is 4. The van der Waals surface area contributed by atoms with E-state index in [0.29, 0.717) is 17.9 Å². The molecule has 0 saturated heterocycles. The number of nitrogens with one attached hydrogen (secondary N) is 1. The molecule has 6 nitrogen and oxygen atoms in total. The van der Waals surface area contributed by atoms with Gasteiger partial charge in [0.2, 0.25) is 0 Å². The highest BCUT2D eigenvalue weighted by molar-refractivity contribution is 5.95. The molecule has 0 unspecified atom stereocenters. The summed E-state index contributed by atoms with van der Waals surface area (Å²) in [5.41, 5.74) is 1.40. The quantitative estimate of drug-likeness (QED) is 0.718. The van der Waals surface area contributed by atoms with E-state index in [1.54, 1.807) is 17.1 Å². The topological polar surface area (TPSA) is 63.1 Å². The van der Waals surface area contributed by atoms with E-state index in [0.717, 1.165) is 38.2 Å². The first-order valence-corrected chi connectivity index (χ1v) is 8.64. The van der Waals surface area contributed by atoms with Gasteiger partial charge in [0.15, 0.2) is 5.82 Å². The molecule has 0 radical (unpaired) electrons. The zero-order valence-electron chi connectivity index (χ0n) is 14.8. The van der Waals surface area contributed by atoms with Gasteiger partial charge in [-0.2, -0.15) is 5.10 Å². The molecule has 0 spiro atoms. The summed E-state index contributed by atoms with van der Waals surface area (Å²) in [6, 6.07) is 5.63. The summed E-state index contributed by atoms with van der Waals surface area (Å²) < 4.78 is 1.69. The summed E-state index contributed by atoms with van der Waals surface area (Å²) in [5.74, 6) is 0.644. The number of hydrogen-bond acceptors (Lipinski definition) is 4. The van der Waals surface area contributed by atoms with Crippen molar-refractivity contribution < 1.29 is 4.79 Å². The number of rotatable bonds is 9. The maximum Gasteiger partial charge on any atom is 0.254 e. The first-order valence-electron chi connectivity index (χ1n) is 8.64. The molecule has 0 bridgehead atoms. The van der Waals surface area contributed by atoms with Crippen LogP contribution in [0.4, 0.5) is 0 Å². The number of aromatic nitrogens is 3. The van der Waals surface area contributed by atoms with Gasteiger partial charge in [-0.1, -0.05) is 19.9 Å². The minimum Gasteiger partial charge on any atom is -0.352 e. The van der Waals surface area contributed by atoms with Gasteiger partial charge in [-0.3, -0.25) is 4.79 Å². The molecule has 0 aliphatic carbocycles. The van der Waals surface area contributed by atoms with E-state index in [4.69, 9.17) is 0 Å². The van der Waals surface area contributed by atoms with Gasteiger partial charge in [0, 0.05) is 12.7 Å². The van der Waals surface area contributed by atoms with Crippen molar-refractivity contribution in [2.75, 3.05) is 26.2 Å². The van der Waals surface area contributed by atoms with Crippen molar-refractivity contribution in [2.24, 2.45) is 0 Å². The normalized spacial score (nSPS) is 11.0. The fraction of sp³-hybridized carbons (Fsp3) is 0.500. The Hall–Kier alpha value is -2.21. The highest BCUT2D eigenvalue weighted by Crippen LogP contribution is 2.12. The molecular formula is C18H27N5O. The van der Waals surface area contributed by atoms with Crippen molar-refractivity contribution in [3.8, 4) is 5.82 Å². The van der Waals surface area contributed by atoms with Gasteiger partial charge in [0.1, 0.15) is 0 Å². The first kappa shape index (κ1) is 18.1. The summed E-state index contributed by atoms with van der Waals surface area (Å²) in [6.45, 7) is 10.2. The third-order valence-electron chi connectivity index (χ3n) is 4.20. The van der Waals surface area contributed by atoms with E-state index in [2.05, 4.69) is 34.1 Å². The molecule has 0 saturated carbocycles. The zero-order valence-corrected chi connectivity index (χ0v) is 14.8. The average Bonchev–Trinajstić information content (AvgIpc) is 3.00. The second-order valence-corrected chi connectivity index (χ2v) is 5.73. The van der Waals surface area contributed by atoms with Crippen molar-refractivity contribution in [1.82, 2.24) is 25.0 Å². The summed E-state index contributed by atoms with van der Waals surface area (Å²) >= 11 is 0. The summed E-state index contributed by atoms with van der Waals surface area (Å²) in [7, 11) is 0. The second-order valence-electron chi connectivity index (χ2n) is 5.73. The summed E-state index contributed by atoms with van der Waals surface area (Å²) in [5, 5.41) is 7.27. The van der Waals surface area contributed by atoms with E-state index < -0.39 is 0 Å². The number of pyridine rings is 1. The van der Waals surface area contributed by atoms with Crippen molar-refractivity contribution in [2.45, 2.75) is 33.6 Å². The fourth-order valence-electron chi connectivity index (χ4n) is 2.64. The molecule has 0 aliphatic rings. The van der Waals surface area contributed by atoms with Gasteiger partial charge in [0.25, 0.3) is 5.91 Å². The van der Waals surface area contributed by atoms with Crippen molar-refractivity contribution >= 4 is 5.91 Å². The largest absolute Gasteiger partial charge is 0.352 e. The summed E-state index contributed by atoms with van der Waals surface area (Å²) in [4.78, 5) is 19.0. The predicted molar refractivity (Wildman–Crippen MR) is 95.5 cm³/mol. The molecule has 0 fully saturated rings. The van der Waals surface area contributed by atoms with Crippen molar-refractivity contribution in [3.05, 3.63) is 41.9 Å². The molecule has 6 heteroatoms. The molecule has 0 atom stereocenters. The lowest BCUT2D eigenvalue weighted by atomic mass is 10.2. The predicted octanol–water partition coefficient (Wildman–Crippen LogP) is 2.43. The van der Waals surface area contributed by atoms with Crippen LogP contribution >= 0.6 is 0 Å². The highest BCUT2D eigenvalue weighted by atomic mass is 16.1. The lowest BCUT2D eigenvalue weighted by Gasteiger charge is -2.17. The van der Waals surface area contributed by atoms with Crippen LogP contribution in [0.1, 0.15) is 42.7 Å². The maximum absolute atomic E-state index is 12.3. The number of unbranched alkanes of at least 4 members (excludes halogenated alkanes) is 1. The molecule has 0 aliphatic heterocycles. The van der Waals surface area contributed by atoms with E-state index in [1.165, 1.54) is 0 Å². The molecule has 0 aromatic carbocycles. The molecule has 1 N–H and O–H groups in total. The number of hydrogen-bond donors (Lipinski definition) is 1. The molecule has 24 heavy (non-hydrogen) atoms. The Morgan fingerprint density at radius 3 is 2.71 bits per heavy atom. The van der Waals surface area contributed by atoms with Crippen molar-refractivity contribution in [3.63, 3.8) is 0 Å². The van der Waals surface area contributed by atoms with Crippen LogP contribution in [0, 0.1) is 6.92 Å². The Morgan fingerprint density at radius 1 is 1.25 bits per heavy atom. The monoisotopic (exact) mass is 329 g/mol. The third kappa shape index (κ3) is 4.64. The fourth-order valence-corrected chi connectivity index (χ4v) is 2.64. The van der Waals surface area contributed by atoms with Gasteiger partial charge in [-0.25, -0.2) is 9.67 Å². The van der Waals surface area contributed by atoms with Crippen LogP contribution in [-0.2, 0) is 0 Å². The van der Waals surface area contributed by atoms with Crippen LogP contribution in [0.2, 0.25) is 0 Å². The molecule has 2 rings (SSSR count). The van der Waals surface area contributed by atoms with Gasteiger partial charge in [-0.05, 0) is 51.5 Å². The highest BCUT2D eigenvalue weighted by Gasteiger charge is 2.15. The Kier molecular flexibility index (Phi) is 6.93. The van der Waals surface area contributed by atoms with Crippen LogP contribution in [0.5, 0.6) is 0 Å². The molecule has 2 aromatic rings. The number of amides is 1. The number of carbonyl (C=O) groups excluding carboxylic acids is 1. The van der Waals surface area contributed by atoms with Crippen LogP contribution < -0.4 is 5.32 Å². The van der Waals surface area contributed by atoms with Gasteiger partial charge in [-0.15, -0.1) is 0 Å². The average molecular weight is 329 g/mol. The SMILES string of the molecule is CCN(CC)CCCCNC(=O)c1cnn(-c2ccccn2)c1C. The zero-order chi connectivity index (χ0) is 17.4. The standard InChI is InChI=1S/C18H27N5O/c1-4-22(5-2)13-9-8-12-20-18(24)16-14-21-23(15(16)3)17-10-6-7-11-19-17/h6-7,10-11,14H,4-5,8-9,12-13H2,1-3H3,(H,20,24). The molecule has 1 amide bonds. The smallest absolute Gasteiger partial charge is 0.254 e. The van der Waals surface area contributed by atoms with Gasteiger partial charge >= 0.3 is 0 Å². The minimum atomic E-state index is -0.0717. The lowest BCUT2D eigenvalue weighted by Crippen LogP contribution is -2.27. The Labute approximate surface area is 143 Å². The second kappa shape index (κ2) is 9.17. The Bertz CT molecular complexity index is 634. The van der Waals surface area contributed by atoms with E-state index in [1.807, 2.05) is 25.1 Å². The van der Waals surface area contributed by atoms with E-state index in [-0.39, 0.29) is 5.91 Å². The third-order valence-corrected chi connectivity index (χ3v) is 4.20. The Balaban J connectivity index is 1.84. The van der Waals surface area contributed by atoms with Crippen molar-refractivity contribution in [1.29, 1.82) is 0 Å². The van der Waals surface area contributed by atoms with Crippen LogP contribution in [0.3, 0.4) is 0 Å². The van der Waals surface area contributed by atoms with Crippen LogP contribution in [0.15, 0.2) is 30.6 Å². The molecule has 2 aromatic heterocycles.